The minimum Gasteiger partial charge on any atom is -0.468 e. The number of hydrogen-bond donors (Lipinski definition) is 2. The van der Waals surface area contributed by atoms with Gasteiger partial charge in [0.25, 0.3) is 0 Å². The van der Waals surface area contributed by atoms with Crippen molar-refractivity contribution in [2.75, 3.05) is 0 Å². The number of hydrazine groups is 1. The lowest BCUT2D eigenvalue weighted by molar-refractivity contribution is -0.121. The molecular weight excluding hydrogens is 200 g/mol. The smallest absolute Gasteiger partial charge is 0.234 e. The van der Waals surface area contributed by atoms with Gasteiger partial charge in [0.2, 0.25) is 5.91 Å². The summed E-state index contributed by atoms with van der Waals surface area (Å²) in [5, 5.41) is 0.239. The van der Waals surface area contributed by atoms with Crippen LogP contribution in [-0.2, 0) is 10.5 Å². The lowest BCUT2D eigenvalue weighted by Crippen LogP contribution is -2.31. The normalized spacial score (nSPS) is 12.4. The van der Waals surface area contributed by atoms with Crippen LogP contribution in [0.5, 0.6) is 0 Å². The maximum atomic E-state index is 10.9. The maximum absolute atomic E-state index is 10.9. The van der Waals surface area contributed by atoms with Gasteiger partial charge in [-0.2, -0.15) is 11.8 Å². The van der Waals surface area contributed by atoms with Crippen molar-refractivity contribution in [1.82, 2.24) is 5.43 Å². The van der Waals surface area contributed by atoms with Crippen molar-refractivity contribution in [3.05, 3.63) is 24.2 Å². The third kappa shape index (κ3) is 3.85. The molecule has 0 saturated heterocycles. The first kappa shape index (κ1) is 11.1. The molecule has 0 spiro atoms. The molecule has 1 aromatic heterocycles. The van der Waals surface area contributed by atoms with Crippen molar-refractivity contribution in [3.8, 4) is 0 Å². The van der Waals surface area contributed by atoms with Gasteiger partial charge in [-0.25, -0.2) is 5.84 Å². The van der Waals surface area contributed by atoms with E-state index in [0.29, 0.717) is 6.42 Å². The first-order chi connectivity index (χ1) is 6.72. The summed E-state index contributed by atoms with van der Waals surface area (Å²) in [5.41, 5.74) is 2.11. The molecule has 3 N–H and O–H groups in total. The van der Waals surface area contributed by atoms with Crippen LogP contribution in [0, 0.1) is 0 Å². The van der Waals surface area contributed by atoms with E-state index in [-0.39, 0.29) is 11.2 Å². The molecule has 0 aliphatic carbocycles. The van der Waals surface area contributed by atoms with E-state index in [9.17, 15) is 4.79 Å². The summed E-state index contributed by atoms with van der Waals surface area (Å²) in [6.45, 7) is 1.99. The van der Waals surface area contributed by atoms with Crippen molar-refractivity contribution in [2.45, 2.75) is 24.3 Å². The van der Waals surface area contributed by atoms with Crippen LogP contribution in [0.15, 0.2) is 22.8 Å². The Morgan fingerprint density at radius 3 is 3.14 bits per heavy atom. The van der Waals surface area contributed by atoms with Gasteiger partial charge in [-0.1, -0.05) is 6.92 Å². The second kappa shape index (κ2) is 5.72. The molecule has 1 atom stereocenters. The number of rotatable bonds is 5. The second-order valence-electron chi connectivity index (χ2n) is 2.97. The van der Waals surface area contributed by atoms with E-state index in [1.165, 1.54) is 0 Å². The summed E-state index contributed by atoms with van der Waals surface area (Å²) in [7, 11) is 0. The Morgan fingerprint density at radius 1 is 1.79 bits per heavy atom. The van der Waals surface area contributed by atoms with E-state index in [0.717, 1.165) is 11.5 Å². The number of carbonyl (C=O) groups is 1. The SMILES string of the molecule is CC(CC(=O)NN)SCc1ccco1. The molecule has 14 heavy (non-hydrogen) atoms. The largest absolute Gasteiger partial charge is 0.468 e. The fourth-order valence-electron chi connectivity index (χ4n) is 0.998. The molecule has 1 rings (SSSR count). The molecule has 0 bridgehead atoms. The van der Waals surface area contributed by atoms with Gasteiger partial charge in [0.1, 0.15) is 5.76 Å². The van der Waals surface area contributed by atoms with Crippen molar-refractivity contribution < 1.29 is 9.21 Å². The molecule has 1 unspecified atom stereocenters. The van der Waals surface area contributed by atoms with Crippen LogP contribution < -0.4 is 11.3 Å². The van der Waals surface area contributed by atoms with Gasteiger partial charge in [0.15, 0.2) is 0 Å². The number of carbonyl (C=O) groups excluding carboxylic acids is 1. The Bertz CT molecular complexity index is 274. The zero-order chi connectivity index (χ0) is 10.4. The summed E-state index contributed by atoms with van der Waals surface area (Å²) in [6, 6.07) is 3.77. The fourth-order valence-corrected chi connectivity index (χ4v) is 1.88. The van der Waals surface area contributed by atoms with Crippen LogP contribution in [0.2, 0.25) is 0 Å². The first-order valence-corrected chi connectivity index (χ1v) is 5.40. The van der Waals surface area contributed by atoms with E-state index >= 15 is 0 Å². The second-order valence-corrected chi connectivity index (χ2v) is 4.40. The van der Waals surface area contributed by atoms with Crippen LogP contribution in [-0.4, -0.2) is 11.2 Å². The summed E-state index contributed by atoms with van der Waals surface area (Å²) >= 11 is 1.67. The topological polar surface area (TPSA) is 68.3 Å². The first-order valence-electron chi connectivity index (χ1n) is 4.36. The Labute approximate surface area is 87.2 Å². The summed E-state index contributed by atoms with van der Waals surface area (Å²) in [6.07, 6.45) is 2.08. The lowest BCUT2D eigenvalue weighted by atomic mass is 10.3. The molecule has 5 heteroatoms. The molecule has 0 aliphatic rings. The zero-order valence-corrected chi connectivity index (χ0v) is 8.84. The quantitative estimate of drug-likeness (QED) is 0.440. The van der Waals surface area contributed by atoms with Crippen LogP contribution in [0.3, 0.4) is 0 Å². The molecule has 0 aliphatic heterocycles. The third-order valence-electron chi connectivity index (χ3n) is 1.72. The molecule has 4 nitrogen and oxygen atoms in total. The van der Waals surface area contributed by atoms with E-state index in [1.54, 1.807) is 18.0 Å². The highest BCUT2D eigenvalue weighted by Gasteiger charge is 2.08. The highest BCUT2D eigenvalue weighted by molar-refractivity contribution is 7.99. The monoisotopic (exact) mass is 214 g/mol. The van der Waals surface area contributed by atoms with Crippen molar-refractivity contribution in [1.29, 1.82) is 0 Å². The molecule has 1 aromatic rings. The molecule has 1 amide bonds. The Morgan fingerprint density at radius 2 is 2.57 bits per heavy atom. The minimum absolute atomic E-state index is 0.135. The Kier molecular flexibility index (Phi) is 4.55. The van der Waals surface area contributed by atoms with Gasteiger partial charge in [-0.05, 0) is 12.1 Å². The highest BCUT2D eigenvalue weighted by Crippen LogP contribution is 2.19. The minimum atomic E-state index is -0.135. The van der Waals surface area contributed by atoms with Crippen molar-refractivity contribution in [3.63, 3.8) is 0 Å². The molecule has 0 fully saturated rings. The predicted molar refractivity (Wildman–Crippen MR) is 56.4 cm³/mol. The molecule has 0 saturated carbocycles. The van der Waals surface area contributed by atoms with Crippen molar-refractivity contribution in [2.24, 2.45) is 5.84 Å². The van der Waals surface area contributed by atoms with Gasteiger partial charge in [-0.15, -0.1) is 0 Å². The van der Waals surface area contributed by atoms with Crippen molar-refractivity contribution >= 4 is 17.7 Å². The number of hydrogen-bond acceptors (Lipinski definition) is 4. The number of amides is 1. The van der Waals surface area contributed by atoms with Crippen LogP contribution >= 0.6 is 11.8 Å². The molecule has 1 heterocycles. The highest BCUT2D eigenvalue weighted by atomic mass is 32.2. The average Bonchev–Trinajstić information content (AvgIpc) is 2.67. The molecular formula is C9H14N2O2S. The van der Waals surface area contributed by atoms with E-state index < -0.39 is 0 Å². The standard InChI is InChI=1S/C9H14N2O2S/c1-7(5-9(12)11-10)14-6-8-3-2-4-13-8/h2-4,7H,5-6,10H2,1H3,(H,11,12). The number of thioether (sulfide) groups is 1. The zero-order valence-electron chi connectivity index (χ0n) is 8.03. The number of furan rings is 1. The van der Waals surface area contributed by atoms with Crippen LogP contribution in [0.25, 0.3) is 0 Å². The van der Waals surface area contributed by atoms with Gasteiger partial charge >= 0.3 is 0 Å². The third-order valence-corrected chi connectivity index (χ3v) is 2.91. The van der Waals surface area contributed by atoms with E-state index in [4.69, 9.17) is 10.3 Å². The molecule has 0 aromatic carbocycles. The van der Waals surface area contributed by atoms with Gasteiger partial charge in [0.05, 0.1) is 12.0 Å². The van der Waals surface area contributed by atoms with Gasteiger partial charge in [-0.3, -0.25) is 10.2 Å². The van der Waals surface area contributed by atoms with Gasteiger partial charge < -0.3 is 4.42 Å². The van der Waals surface area contributed by atoms with E-state index in [2.05, 4.69) is 5.43 Å². The molecule has 0 radical (unpaired) electrons. The number of nitrogens with two attached hydrogens (primary N) is 1. The Hall–Kier alpha value is -0.940. The van der Waals surface area contributed by atoms with E-state index in [1.807, 2.05) is 19.1 Å². The summed E-state index contributed by atoms with van der Waals surface area (Å²) < 4.78 is 5.17. The average molecular weight is 214 g/mol. The maximum Gasteiger partial charge on any atom is 0.234 e. The molecule has 78 valence electrons. The predicted octanol–water partition coefficient (Wildman–Crippen LogP) is 1.28. The van der Waals surface area contributed by atoms with Crippen LogP contribution in [0.4, 0.5) is 0 Å². The summed E-state index contributed by atoms with van der Waals surface area (Å²) in [5.74, 6) is 6.56. The lowest BCUT2D eigenvalue weighted by Gasteiger charge is -2.08. The van der Waals surface area contributed by atoms with Gasteiger partial charge in [0, 0.05) is 11.7 Å². The number of nitrogens with one attached hydrogen (secondary N) is 1. The van der Waals surface area contributed by atoms with Crippen LogP contribution in [0.1, 0.15) is 19.1 Å². The fraction of sp³-hybridized carbons (Fsp3) is 0.444. The summed E-state index contributed by atoms with van der Waals surface area (Å²) in [4.78, 5) is 10.9. The Balaban J connectivity index is 2.21.